The summed E-state index contributed by atoms with van der Waals surface area (Å²) < 4.78 is 28.3. The lowest BCUT2D eigenvalue weighted by Crippen LogP contribution is -2.43. The molecule has 6 heteroatoms. The summed E-state index contributed by atoms with van der Waals surface area (Å²) >= 11 is 0. The highest BCUT2D eigenvalue weighted by atomic mass is 32.2. The molecular weight excluding hydrogens is 396 g/mol. The molecule has 0 spiro atoms. The first-order valence-electron chi connectivity index (χ1n) is 10.6. The number of carbonyl (C=O) groups excluding carboxylic acids is 1. The predicted molar refractivity (Wildman–Crippen MR) is 120 cm³/mol. The average molecular weight is 429 g/mol. The van der Waals surface area contributed by atoms with Crippen LogP contribution < -0.4 is 5.32 Å². The van der Waals surface area contributed by atoms with Gasteiger partial charge in [-0.3, -0.25) is 4.79 Å². The van der Waals surface area contributed by atoms with Crippen molar-refractivity contribution in [3.8, 4) is 0 Å². The second-order valence-electron chi connectivity index (χ2n) is 8.41. The van der Waals surface area contributed by atoms with Gasteiger partial charge in [0, 0.05) is 19.0 Å². The van der Waals surface area contributed by atoms with Crippen molar-refractivity contribution in [2.45, 2.75) is 58.4 Å². The molecule has 1 aliphatic heterocycles. The van der Waals surface area contributed by atoms with Crippen LogP contribution in [0.1, 0.15) is 53.6 Å². The molecule has 0 bridgehead atoms. The number of hydrogen-bond acceptors (Lipinski definition) is 3. The van der Waals surface area contributed by atoms with Gasteiger partial charge in [-0.15, -0.1) is 0 Å². The number of rotatable bonds is 5. The molecule has 1 saturated heterocycles. The Balaban J connectivity index is 1.69. The standard InChI is InChI=1S/C24H32N2O3S/c1-16-15-17(2)19(4)23(18(16)3)30(28,29)26-13-11-22(12-14-26)24(27)25-20(5)21-9-7-6-8-10-21/h6-10,15,20,22H,11-14H2,1-5H3,(H,25,27). The molecule has 3 rings (SSSR count). The zero-order valence-corrected chi connectivity index (χ0v) is 19.3. The maximum Gasteiger partial charge on any atom is 0.243 e. The lowest BCUT2D eigenvalue weighted by atomic mass is 9.96. The van der Waals surface area contributed by atoms with Gasteiger partial charge in [0.2, 0.25) is 15.9 Å². The summed E-state index contributed by atoms with van der Waals surface area (Å²) in [6.45, 7) is 10.4. The summed E-state index contributed by atoms with van der Waals surface area (Å²) in [5.41, 5.74) is 4.66. The van der Waals surface area contributed by atoms with Crippen molar-refractivity contribution < 1.29 is 13.2 Å². The fourth-order valence-corrected chi connectivity index (χ4v) is 6.26. The monoisotopic (exact) mass is 428 g/mol. The van der Waals surface area contributed by atoms with Crippen LogP contribution in [0.3, 0.4) is 0 Å². The van der Waals surface area contributed by atoms with Crippen LogP contribution in [-0.4, -0.2) is 31.7 Å². The van der Waals surface area contributed by atoms with E-state index in [1.807, 2.05) is 71.0 Å². The minimum absolute atomic E-state index is 0.00200. The molecule has 0 saturated carbocycles. The number of nitrogens with zero attached hydrogens (tertiary/aromatic N) is 1. The van der Waals surface area contributed by atoms with E-state index in [0.29, 0.717) is 30.8 Å². The number of nitrogens with one attached hydrogen (secondary N) is 1. The van der Waals surface area contributed by atoms with Crippen LogP contribution in [0.15, 0.2) is 41.3 Å². The van der Waals surface area contributed by atoms with Crippen molar-refractivity contribution in [3.05, 3.63) is 64.2 Å². The molecule has 1 atom stereocenters. The number of benzene rings is 2. The predicted octanol–water partition coefficient (Wildman–Crippen LogP) is 4.20. The zero-order valence-electron chi connectivity index (χ0n) is 18.5. The summed E-state index contributed by atoms with van der Waals surface area (Å²) in [5, 5.41) is 3.08. The van der Waals surface area contributed by atoms with Crippen LogP contribution in [0.5, 0.6) is 0 Å². The highest BCUT2D eigenvalue weighted by Gasteiger charge is 2.34. The number of carbonyl (C=O) groups is 1. The average Bonchev–Trinajstić information content (AvgIpc) is 2.73. The Bertz CT molecular complexity index is 998. The Kier molecular flexibility index (Phi) is 6.68. The Hall–Kier alpha value is -2.18. The van der Waals surface area contributed by atoms with Gasteiger partial charge < -0.3 is 5.32 Å². The molecular formula is C24H32N2O3S. The third-order valence-electron chi connectivity index (χ3n) is 6.38. The van der Waals surface area contributed by atoms with Gasteiger partial charge in [0.1, 0.15) is 0 Å². The van der Waals surface area contributed by atoms with Gasteiger partial charge in [-0.2, -0.15) is 4.31 Å². The van der Waals surface area contributed by atoms with Gasteiger partial charge >= 0.3 is 0 Å². The van der Waals surface area contributed by atoms with Crippen molar-refractivity contribution in [1.29, 1.82) is 0 Å². The van der Waals surface area contributed by atoms with E-state index < -0.39 is 10.0 Å². The zero-order chi connectivity index (χ0) is 22.1. The SMILES string of the molecule is Cc1cc(C)c(C)c(S(=O)(=O)N2CCC(C(=O)NC(C)c3ccccc3)CC2)c1C. The highest BCUT2D eigenvalue weighted by molar-refractivity contribution is 7.89. The van der Waals surface area contributed by atoms with Crippen molar-refractivity contribution in [1.82, 2.24) is 9.62 Å². The molecule has 1 amide bonds. The van der Waals surface area contributed by atoms with E-state index >= 15 is 0 Å². The maximum absolute atomic E-state index is 13.4. The Labute approximate surface area is 180 Å². The first-order valence-corrected chi connectivity index (χ1v) is 12.0. The van der Waals surface area contributed by atoms with Crippen molar-refractivity contribution >= 4 is 15.9 Å². The first kappa shape index (κ1) is 22.5. The van der Waals surface area contributed by atoms with E-state index in [1.54, 1.807) is 4.31 Å². The van der Waals surface area contributed by atoms with Crippen LogP contribution in [0, 0.1) is 33.6 Å². The maximum atomic E-state index is 13.4. The number of hydrogen-bond donors (Lipinski definition) is 1. The molecule has 1 unspecified atom stereocenters. The summed E-state index contributed by atoms with van der Waals surface area (Å²) in [7, 11) is -3.58. The highest BCUT2D eigenvalue weighted by Crippen LogP contribution is 2.31. The molecule has 1 aliphatic rings. The topological polar surface area (TPSA) is 66.5 Å². The fraction of sp³-hybridized carbons (Fsp3) is 0.458. The normalized spacial score (nSPS) is 17.0. The smallest absolute Gasteiger partial charge is 0.243 e. The quantitative estimate of drug-likeness (QED) is 0.776. The van der Waals surface area contributed by atoms with Crippen LogP contribution in [0.25, 0.3) is 0 Å². The molecule has 0 aromatic heterocycles. The lowest BCUT2D eigenvalue weighted by molar-refractivity contribution is -0.126. The van der Waals surface area contributed by atoms with Crippen molar-refractivity contribution in [3.63, 3.8) is 0 Å². The second kappa shape index (κ2) is 8.90. The number of sulfonamides is 1. The van der Waals surface area contributed by atoms with E-state index in [4.69, 9.17) is 0 Å². The Morgan fingerprint density at radius 1 is 1.00 bits per heavy atom. The Morgan fingerprint density at radius 3 is 2.07 bits per heavy atom. The van der Waals surface area contributed by atoms with Crippen molar-refractivity contribution in [2.75, 3.05) is 13.1 Å². The van der Waals surface area contributed by atoms with Gasteiger partial charge in [-0.1, -0.05) is 36.4 Å². The van der Waals surface area contributed by atoms with Gasteiger partial charge in [0.15, 0.2) is 0 Å². The van der Waals surface area contributed by atoms with Crippen molar-refractivity contribution in [2.24, 2.45) is 5.92 Å². The van der Waals surface area contributed by atoms with E-state index in [1.165, 1.54) is 0 Å². The van der Waals surface area contributed by atoms with Crippen LogP contribution >= 0.6 is 0 Å². The molecule has 1 N–H and O–H groups in total. The van der Waals surface area contributed by atoms with E-state index in [2.05, 4.69) is 5.32 Å². The largest absolute Gasteiger partial charge is 0.349 e. The van der Waals surface area contributed by atoms with E-state index in [9.17, 15) is 13.2 Å². The van der Waals surface area contributed by atoms with E-state index in [0.717, 1.165) is 27.8 Å². The Morgan fingerprint density at radius 2 is 1.53 bits per heavy atom. The molecule has 2 aromatic carbocycles. The third-order valence-corrected chi connectivity index (χ3v) is 8.55. The number of amides is 1. The number of piperidine rings is 1. The molecule has 162 valence electrons. The van der Waals surface area contributed by atoms with Gasteiger partial charge in [-0.25, -0.2) is 8.42 Å². The molecule has 1 heterocycles. The molecule has 30 heavy (non-hydrogen) atoms. The van der Waals surface area contributed by atoms with Gasteiger partial charge in [0.05, 0.1) is 10.9 Å². The third kappa shape index (κ3) is 4.44. The summed E-state index contributed by atoms with van der Waals surface area (Å²) in [4.78, 5) is 13.2. The van der Waals surface area contributed by atoms with Gasteiger partial charge in [0.25, 0.3) is 0 Å². The molecule has 2 aromatic rings. The van der Waals surface area contributed by atoms with Crippen LogP contribution in [-0.2, 0) is 14.8 Å². The minimum Gasteiger partial charge on any atom is -0.349 e. The lowest BCUT2D eigenvalue weighted by Gasteiger charge is -2.32. The molecule has 0 aliphatic carbocycles. The molecule has 1 fully saturated rings. The summed E-state index contributed by atoms with van der Waals surface area (Å²) in [6.07, 6.45) is 1.07. The first-order chi connectivity index (χ1) is 14.1. The van der Waals surface area contributed by atoms with Crippen LogP contribution in [0.2, 0.25) is 0 Å². The van der Waals surface area contributed by atoms with E-state index in [-0.39, 0.29) is 17.9 Å². The molecule has 0 radical (unpaired) electrons. The number of aryl methyl sites for hydroxylation is 2. The van der Waals surface area contributed by atoms with Crippen LogP contribution in [0.4, 0.5) is 0 Å². The summed E-state index contributed by atoms with van der Waals surface area (Å²) in [5.74, 6) is -0.161. The molecule has 5 nitrogen and oxygen atoms in total. The van der Waals surface area contributed by atoms with Gasteiger partial charge in [-0.05, 0) is 75.3 Å². The minimum atomic E-state index is -3.58. The second-order valence-corrected chi connectivity index (χ2v) is 10.3. The summed E-state index contributed by atoms with van der Waals surface area (Å²) in [6, 6.07) is 11.8. The fourth-order valence-electron chi connectivity index (χ4n) is 4.21.